The van der Waals surface area contributed by atoms with Crippen molar-refractivity contribution in [1.29, 1.82) is 0 Å². The van der Waals surface area contributed by atoms with Gasteiger partial charge in [-0.3, -0.25) is 4.79 Å². The van der Waals surface area contributed by atoms with Gasteiger partial charge in [-0.25, -0.2) is 0 Å². The maximum absolute atomic E-state index is 11.7. The maximum atomic E-state index is 11.7. The molecule has 1 heterocycles. The van der Waals surface area contributed by atoms with E-state index < -0.39 is 0 Å². The van der Waals surface area contributed by atoms with Crippen molar-refractivity contribution in [2.45, 2.75) is 31.7 Å². The molecule has 0 bridgehead atoms. The highest BCUT2D eigenvalue weighted by molar-refractivity contribution is 5.76. The molecule has 116 valence electrons. The lowest BCUT2D eigenvalue weighted by molar-refractivity contribution is -0.122. The number of carbonyl (C=O) groups excluding carboxylic acids is 1. The van der Waals surface area contributed by atoms with Crippen LogP contribution in [0.25, 0.3) is 0 Å². The summed E-state index contributed by atoms with van der Waals surface area (Å²) in [5, 5.41) is 6.15. The molecule has 4 heteroatoms. The minimum absolute atomic E-state index is 0.173. The number of nitrogens with one attached hydrogen (secondary N) is 2. The summed E-state index contributed by atoms with van der Waals surface area (Å²) in [6.45, 7) is 4.04. The molecule has 0 aromatic heterocycles. The molecule has 2 rings (SSSR count). The predicted molar refractivity (Wildman–Crippen MR) is 86.3 cm³/mol. The zero-order valence-electron chi connectivity index (χ0n) is 13.0. The third kappa shape index (κ3) is 5.86. The van der Waals surface area contributed by atoms with Crippen LogP contribution in [0.3, 0.4) is 0 Å². The monoisotopic (exact) mass is 289 g/mol. The van der Waals surface area contributed by atoms with Crippen LogP contribution in [0.4, 0.5) is 0 Å². The van der Waals surface area contributed by atoms with E-state index in [0.717, 1.165) is 45.4 Å². The first kappa shape index (κ1) is 16.0. The van der Waals surface area contributed by atoms with Crippen LogP contribution in [-0.4, -0.2) is 50.1 Å². The summed E-state index contributed by atoms with van der Waals surface area (Å²) in [6.07, 6.45) is 3.82. The fraction of sp³-hybridized carbons (Fsp3) is 0.588. The Morgan fingerprint density at radius 1 is 1.24 bits per heavy atom. The zero-order chi connectivity index (χ0) is 14.9. The molecule has 1 aromatic carbocycles. The normalized spacial score (nSPS) is 16.8. The first-order chi connectivity index (χ1) is 10.3. The minimum Gasteiger partial charge on any atom is -0.353 e. The van der Waals surface area contributed by atoms with E-state index in [9.17, 15) is 4.79 Å². The van der Waals surface area contributed by atoms with Crippen LogP contribution in [0.5, 0.6) is 0 Å². The number of amides is 1. The van der Waals surface area contributed by atoms with E-state index in [4.69, 9.17) is 0 Å². The van der Waals surface area contributed by atoms with Gasteiger partial charge in [0.25, 0.3) is 0 Å². The SMILES string of the molecule is CNCCC(=O)NC1CCN(CCc2ccccc2)CC1. The van der Waals surface area contributed by atoms with E-state index in [1.54, 1.807) is 0 Å². The van der Waals surface area contributed by atoms with Gasteiger partial charge < -0.3 is 15.5 Å². The lowest BCUT2D eigenvalue weighted by atomic mass is 10.0. The molecule has 1 fully saturated rings. The number of nitrogens with zero attached hydrogens (tertiary/aromatic N) is 1. The molecule has 1 aliphatic heterocycles. The van der Waals surface area contributed by atoms with Crippen molar-refractivity contribution in [1.82, 2.24) is 15.5 Å². The minimum atomic E-state index is 0.173. The summed E-state index contributed by atoms with van der Waals surface area (Å²) in [4.78, 5) is 14.2. The highest BCUT2D eigenvalue weighted by atomic mass is 16.1. The summed E-state index contributed by atoms with van der Waals surface area (Å²) in [7, 11) is 1.87. The van der Waals surface area contributed by atoms with Crippen molar-refractivity contribution in [3.8, 4) is 0 Å². The van der Waals surface area contributed by atoms with Gasteiger partial charge >= 0.3 is 0 Å². The molecule has 4 nitrogen and oxygen atoms in total. The van der Waals surface area contributed by atoms with Gasteiger partial charge in [0.05, 0.1) is 0 Å². The van der Waals surface area contributed by atoms with Crippen molar-refractivity contribution in [2.24, 2.45) is 0 Å². The summed E-state index contributed by atoms with van der Waals surface area (Å²) >= 11 is 0. The van der Waals surface area contributed by atoms with Crippen LogP contribution >= 0.6 is 0 Å². The van der Waals surface area contributed by atoms with Crippen LogP contribution in [0.1, 0.15) is 24.8 Å². The Balaban J connectivity index is 1.63. The Morgan fingerprint density at radius 3 is 2.62 bits per heavy atom. The van der Waals surface area contributed by atoms with Crippen molar-refractivity contribution < 1.29 is 4.79 Å². The van der Waals surface area contributed by atoms with Gasteiger partial charge in [0, 0.05) is 38.6 Å². The average Bonchev–Trinajstić information content (AvgIpc) is 2.53. The zero-order valence-corrected chi connectivity index (χ0v) is 13.0. The summed E-state index contributed by atoms with van der Waals surface area (Å²) in [5.41, 5.74) is 1.40. The van der Waals surface area contributed by atoms with Crippen molar-refractivity contribution in [3.63, 3.8) is 0 Å². The highest BCUT2D eigenvalue weighted by Gasteiger charge is 2.20. The molecular formula is C17H27N3O. The quantitative estimate of drug-likeness (QED) is 0.798. The number of piperidine rings is 1. The molecule has 0 aliphatic carbocycles. The predicted octanol–water partition coefficient (Wildman–Crippen LogP) is 1.42. The smallest absolute Gasteiger partial charge is 0.221 e. The van der Waals surface area contributed by atoms with Gasteiger partial charge in [-0.2, -0.15) is 0 Å². The number of rotatable bonds is 7. The van der Waals surface area contributed by atoms with Gasteiger partial charge in [0.2, 0.25) is 5.91 Å². The largest absolute Gasteiger partial charge is 0.353 e. The second-order valence-corrected chi connectivity index (χ2v) is 5.77. The number of benzene rings is 1. The lowest BCUT2D eigenvalue weighted by Crippen LogP contribution is -2.45. The Bertz CT molecular complexity index is 413. The van der Waals surface area contributed by atoms with Crippen LogP contribution in [0.15, 0.2) is 30.3 Å². The summed E-state index contributed by atoms with van der Waals surface area (Å²) in [5.74, 6) is 0.173. The molecule has 1 saturated heterocycles. The Hall–Kier alpha value is -1.39. The molecule has 0 radical (unpaired) electrons. The van der Waals surface area contributed by atoms with Crippen molar-refractivity contribution >= 4 is 5.91 Å². The van der Waals surface area contributed by atoms with Gasteiger partial charge in [-0.1, -0.05) is 30.3 Å². The second kappa shape index (κ2) is 8.80. The van der Waals surface area contributed by atoms with E-state index in [1.165, 1.54) is 5.56 Å². The molecule has 2 N–H and O–H groups in total. The van der Waals surface area contributed by atoms with Crippen LogP contribution in [0.2, 0.25) is 0 Å². The van der Waals surface area contributed by atoms with E-state index >= 15 is 0 Å². The number of hydrogen-bond donors (Lipinski definition) is 2. The molecule has 0 saturated carbocycles. The Kier molecular flexibility index (Phi) is 6.70. The number of hydrogen-bond acceptors (Lipinski definition) is 3. The average molecular weight is 289 g/mol. The van der Waals surface area contributed by atoms with E-state index in [0.29, 0.717) is 12.5 Å². The van der Waals surface area contributed by atoms with Crippen molar-refractivity contribution in [3.05, 3.63) is 35.9 Å². The third-order valence-corrected chi connectivity index (χ3v) is 4.11. The molecule has 1 aliphatic rings. The molecular weight excluding hydrogens is 262 g/mol. The fourth-order valence-electron chi connectivity index (χ4n) is 2.77. The molecule has 0 unspecified atom stereocenters. The van der Waals surface area contributed by atoms with Gasteiger partial charge in [-0.15, -0.1) is 0 Å². The van der Waals surface area contributed by atoms with Gasteiger partial charge in [0.1, 0.15) is 0 Å². The topological polar surface area (TPSA) is 44.4 Å². The number of likely N-dealkylation sites (tertiary alicyclic amines) is 1. The van der Waals surface area contributed by atoms with E-state index in [1.807, 2.05) is 7.05 Å². The second-order valence-electron chi connectivity index (χ2n) is 5.77. The Labute approximate surface area is 127 Å². The fourth-order valence-corrected chi connectivity index (χ4v) is 2.77. The van der Waals surface area contributed by atoms with E-state index in [2.05, 4.69) is 45.9 Å². The Morgan fingerprint density at radius 2 is 1.95 bits per heavy atom. The van der Waals surface area contributed by atoms with Crippen molar-refractivity contribution in [2.75, 3.05) is 33.2 Å². The molecule has 0 spiro atoms. The first-order valence-corrected chi connectivity index (χ1v) is 7.98. The van der Waals surface area contributed by atoms with Crippen LogP contribution in [0, 0.1) is 0 Å². The molecule has 1 aromatic rings. The van der Waals surface area contributed by atoms with Crippen LogP contribution < -0.4 is 10.6 Å². The van der Waals surface area contributed by atoms with Gasteiger partial charge in [-0.05, 0) is 31.9 Å². The standard InChI is InChI=1S/C17H27N3O/c1-18-11-7-17(21)19-16-9-13-20(14-10-16)12-8-15-5-3-2-4-6-15/h2-6,16,18H,7-14H2,1H3,(H,19,21). The number of carbonyl (C=O) groups is 1. The molecule has 1 amide bonds. The summed E-state index contributed by atoms with van der Waals surface area (Å²) < 4.78 is 0. The van der Waals surface area contributed by atoms with Gasteiger partial charge in [0.15, 0.2) is 0 Å². The van der Waals surface area contributed by atoms with Crippen LogP contribution in [-0.2, 0) is 11.2 Å². The molecule has 0 atom stereocenters. The molecule has 21 heavy (non-hydrogen) atoms. The maximum Gasteiger partial charge on any atom is 0.221 e. The lowest BCUT2D eigenvalue weighted by Gasteiger charge is -2.32. The first-order valence-electron chi connectivity index (χ1n) is 7.98. The third-order valence-electron chi connectivity index (χ3n) is 4.11. The highest BCUT2D eigenvalue weighted by Crippen LogP contribution is 2.11. The summed E-state index contributed by atoms with van der Waals surface area (Å²) in [6, 6.07) is 11.0. The van der Waals surface area contributed by atoms with E-state index in [-0.39, 0.29) is 5.91 Å².